The van der Waals surface area contributed by atoms with Crippen LogP contribution in [-0.4, -0.2) is 17.6 Å². The van der Waals surface area contributed by atoms with E-state index >= 15 is 0 Å². The minimum atomic E-state index is -0.182. The SMILES string of the molecule is Cc1cc(C#CCO)cc(NC(=O)c2cccc(C)c2)c1. The van der Waals surface area contributed by atoms with Crippen molar-refractivity contribution in [3.63, 3.8) is 0 Å². The number of hydrogen-bond donors (Lipinski definition) is 2. The molecule has 2 aromatic carbocycles. The summed E-state index contributed by atoms with van der Waals surface area (Å²) in [5.74, 6) is 5.30. The number of carbonyl (C=O) groups is 1. The van der Waals surface area contributed by atoms with Gasteiger partial charge in [-0.3, -0.25) is 4.79 Å². The maximum Gasteiger partial charge on any atom is 0.255 e. The Bertz CT molecular complexity index is 723. The number of amides is 1. The van der Waals surface area contributed by atoms with Crippen molar-refractivity contribution in [1.82, 2.24) is 0 Å². The van der Waals surface area contributed by atoms with Gasteiger partial charge in [-0.25, -0.2) is 0 Å². The van der Waals surface area contributed by atoms with Crippen LogP contribution in [0.1, 0.15) is 27.0 Å². The smallest absolute Gasteiger partial charge is 0.255 e. The molecular formula is C18H17NO2. The van der Waals surface area contributed by atoms with Crippen LogP contribution in [0.5, 0.6) is 0 Å². The highest BCUT2D eigenvalue weighted by Gasteiger charge is 2.06. The molecule has 0 atom stereocenters. The minimum absolute atomic E-state index is 0.148. The van der Waals surface area contributed by atoms with E-state index in [4.69, 9.17) is 5.11 Å². The van der Waals surface area contributed by atoms with Crippen LogP contribution in [0.15, 0.2) is 42.5 Å². The molecule has 0 saturated carbocycles. The molecule has 2 rings (SSSR count). The second-order valence-corrected chi connectivity index (χ2v) is 4.87. The molecule has 1 amide bonds. The Morgan fingerprint density at radius 3 is 2.67 bits per heavy atom. The quantitative estimate of drug-likeness (QED) is 0.830. The normalized spacial score (nSPS) is 9.67. The highest BCUT2D eigenvalue weighted by atomic mass is 16.2. The van der Waals surface area contributed by atoms with Gasteiger partial charge in [0.05, 0.1) is 0 Å². The van der Waals surface area contributed by atoms with E-state index in [9.17, 15) is 4.79 Å². The van der Waals surface area contributed by atoms with Gasteiger partial charge in [-0.1, -0.05) is 29.5 Å². The number of hydrogen-bond acceptors (Lipinski definition) is 2. The van der Waals surface area contributed by atoms with E-state index < -0.39 is 0 Å². The molecule has 0 saturated heterocycles. The zero-order valence-electron chi connectivity index (χ0n) is 12.1. The fraction of sp³-hybridized carbons (Fsp3) is 0.167. The van der Waals surface area contributed by atoms with Crippen molar-refractivity contribution in [3.05, 3.63) is 64.7 Å². The van der Waals surface area contributed by atoms with E-state index in [1.807, 2.05) is 44.2 Å². The molecule has 2 N–H and O–H groups in total. The molecule has 0 fully saturated rings. The van der Waals surface area contributed by atoms with Crippen molar-refractivity contribution >= 4 is 11.6 Å². The summed E-state index contributed by atoms with van der Waals surface area (Å²) in [6.45, 7) is 3.71. The van der Waals surface area contributed by atoms with E-state index in [0.717, 1.165) is 16.7 Å². The molecule has 0 aliphatic carbocycles. The Labute approximate surface area is 124 Å². The molecule has 3 heteroatoms. The fourth-order valence-electron chi connectivity index (χ4n) is 2.06. The maximum absolute atomic E-state index is 12.2. The fourth-order valence-corrected chi connectivity index (χ4v) is 2.06. The summed E-state index contributed by atoms with van der Waals surface area (Å²) in [5, 5.41) is 11.6. The Kier molecular flexibility index (Phi) is 4.76. The van der Waals surface area contributed by atoms with Crippen molar-refractivity contribution in [1.29, 1.82) is 0 Å². The average Bonchev–Trinajstić information content (AvgIpc) is 2.44. The number of aliphatic hydroxyl groups is 1. The number of anilines is 1. The number of aliphatic hydroxyl groups excluding tert-OH is 1. The van der Waals surface area contributed by atoms with Gasteiger partial charge < -0.3 is 10.4 Å². The number of nitrogens with one attached hydrogen (secondary N) is 1. The average molecular weight is 279 g/mol. The first-order valence-electron chi connectivity index (χ1n) is 6.68. The highest BCUT2D eigenvalue weighted by Crippen LogP contribution is 2.15. The highest BCUT2D eigenvalue weighted by molar-refractivity contribution is 6.04. The molecular weight excluding hydrogens is 262 g/mol. The molecule has 21 heavy (non-hydrogen) atoms. The van der Waals surface area contributed by atoms with E-state index in [1.54, 1.807) is 12.1 Å². The first-order valence-corrected chi connectivity index (χ1v) is 6.68. The Morgan fingerprint density at radius 2 is 1.95 bits per heavy atom. The topological polar surface area (TPSA) is 49.3 Å². The van der Waals surface area contributed by atoms with Crippen LogP contribution in [0.25, 0.3) is 0 Å². The van der Waals surface area contributed by atoms with Crippen molar-refractivity contribution in [3.8, 4) is 11.8 Å². The lowest BCUT2D eigenvalue weighted by atomic mass is 10.1. The second kappa shape index (κ2) is 6.74. The molecule has 2 aromatic rings. The van der Waals surface area contributed by atoms with E-state index in [0.29, 0.717) is 11.3 Å². The van der Waals surface area contributed by atoms with Crippen LogP contribution in [0.4, 0.5) is 5.69 Å². The van der Waals surface area contributed by atoms with Crippen molar-refractivity contribution in [2.24, 2.45) is 0 Å². The van der Waals surface area contributed by atoms with E-state index in [2.05, 4.69) is 17.2 Å². The number of benzene rings is 2. The summed E-state index contributed by atoms with van der Waals surface area (Å²) in [7, 11) is 0. The Hall–Kier alpha value is -2.57. The lowest BCUT2D eigenvalue weighted by Crippen LogP contribution is -2.12. The Morgan fingerprint density at radius 1 is 1.14 bits per heavy atom. The van der Waals surface area contributed by atoms with Crippen LogP contribution in [0.2, 0.25) is 0 Å². The molecule has 0 unspecified atom stereocenters. The number of aryl methyl sites for hydroxylation is 2. The van der Waals surface area contributed by atoms with Gasteiger partial charge in [0.25, 0.3) is 5.91 Å². The molecule has 0 bridgehead atoms. The second-order valence-electron chi connectivity index (χ2n) is 4.87. The molecule has 0 heterocycles. The summed E-state index contributed by atoms with van der Waals surface area (Å²) in [5.41, 5.74) is 4.13. The monoisotopic (exact) mass is 279 g/mol. The predicted octanol–water partition coefficient (Wildman–Crippen LogP) is 2.90. The molecule has 0 aliphatic heterocycles. The number of carbonyl (C=O) groups excluding carboxylic acids is 1. The van der Waals surface area contributed by atoms with Crippen LogP contribution in [0, 0.1) is 25.7 Å². The molecule has 0 aliphatic rings. The van der Waals surface area contributed by atoms with Crippen molar-refractivity contribution in [2.75, 3.05) is 11.9 Å². The summed E-state index contributed by atoms with van der Waals surface area (Å²) >= 11 is 0. The third-order valence-corrected chi connectivity index (χ3v) is 2.93. The first-order chi connectivity index (χ1) is 10.1. The van der Waals surface area contributed by atoms with Gasteiger partial charge in [-0.15, -0.1) is 0 Å². The lowest BCUT2D eigenvalue weighted by Gasteiger charge is -2.07. The van der Waals surface area contributed by atoms with Gasteiger partial charge in [0, 0.05) is 16.8 Å². The summed E-state index contributed by atoms with van der Waals surface area (Å²) in [6.07, 6.45) is 0. The van der Waals surface area contributed by atoms with E-state index in [-0.39, 0.29) is 12.5 Å². The molecule has 0 radical (unpaired) electrons. The van der Waals surface area contributed by atoms with Gasteiger partial charge in [0.15, 0.2) is 0 Å². The summed E-state index contributed by atoms with van der Waals surface area (Å²) < 4.78 is 0. The summed E-state index contributed by atoms with van der Waals surface area (Å²) in [6, 6.07) is 13.0. The zero-order valence-corrected chi connectivity index (χ0v) is 12.1. The van der Waals surface area contributed by atoms with Crippen molar-refractivity contribution < 1.29 is 9.90 Å². The summed E-state index contributed by atoms with van der Waals surface area (Å²) in [4.78, 5) is 12.2. The van der Waals surface area contributed by atoms with Gasteiger partial charge in [-0.2, -0.15) is 0 Å². The van der Waals surface area contributed by atoms with Gasteiger partial charge >= 0.3 is 0 Å². The van der Waals surface area contributed by atoms with Crippen LogP contribution >= 0.6 is 0 Å². The standard InChI is InChI=1S/C18H17NO2/c1-13-5-3-7-16(10-13)18(21)19-17-11-14(2)9-15(12-17)6-4-8-20/h3,5,7,9-12,20H,8H2,1-2H3,(H,19,21). The van der Waals surface area contributed by atoms with E-state index in [1.165, 1.54) is 0 Å². The van der Waals surface area contributed by atoms with Crippen LogP contribution in [0.3, 0.4) is 0 Å². The first kappa shape index (κ1) is 14.8. The third-order valence-electron chi connectivity index (χ3n) is 2.93. The van der Waals surface area contributed by atoms with Gasteiger partial charge in [-0.05, 0) is 49.7 Å². The molecule has 3 nitrogen and oxygen atoms in total. The minimum Gasteiger partial charge on any atom is -0.384 e. The van der Waals surface area contributed by atoms with Gasteiger partial charge in [0.2, 0.25) is 0 Å². The zero-order chi connectivity index (χ0) is 15.2. The lowest BCUT2D eigenvalue weighted by molar-refractivity contribution is 0.102. The maximum atomic E-state index is 12.2. The molecule has 0 spiro atoms. The molecule has 0 aromatic heterocycles. The Balaban J connectivity index is 2.23. The van der Waals surface area contributed by atoms with Crippen LogP contribution < -0.4 is 5.32 Å². The number of rotatable bonds is 2. The third kappa shape index (κ3) is 4.20. The largest absolute Gasteiger partial charge is 0.384 e. The predicted molar refractivity (Wildman–Crippen MR) is 84.3 cm³/mol. The van der Waals surface area contributed by atoms with Crippen LogP contribution in [-0.2, 0) is 0 Å². The van der Waals surface area contributed by atoms with Crippen molar-refractivity contribution in [2.45, 2.75) is 13.8 Å². The van der Waals surface area contributed by atoms with Gasteiger partial charge in [0.1, 0.15) is 6.61 Å². The molecule has 106 valence electrons.